The lowest BCUT2D eigenvalue weighted by Crippen LogP contribution is -2.26. The van der Waals surface area contributed by atoms with Gasteiger partial charge in [-0.2, -0.15) is 0 Å². The summed E-state index contributed by atoms with van der Waals surface area (Å²) in [5.41, 5.74) is 3.06. The largest absolute Gasteiger partial charge is 0.368 e. The van der Waals surface area contributed by atoms with E-state index in [0.717, 1.165) is 11.1 Å². The molecule has 0 bridgehead atoms. The monoisotopic (exact) mass is 386 g/mol. The fourth-order valence-corrected chi connectivity index (χ4v) is 2.70. The first-order valence-electron chi connectivity index (χ1n) is 9.31. The molecule has 150 valence electrons. The number of aryl methyl sites for hydroxylation is 2. The highest BCUT2D eigenvalue weighted by Crippen LogP contribution is 2.22. The molecule has 1 heterocycles. The molecule has 0 saturated carbocycles. The number of hydrogen-bond acceptors (Lipinski definition) is 4. The number of benzene rings is 1. The second-order valence-corrected chi connectivity index (χ2v) is 6.97. The third-order valence-corrected chi connectivity index (χ3v) is 4.12. The van der Waals surface area contributed by atoms with Gasteiger partial charge in [0.2, 0.25) is 0 Å². The van der Waals surface area contributed by atoms with E-state index >= 15 is 0 Å². The molecule has 0 spiro atoms. The fourth-order valence-electron chi connectivity index (χ4n) is 2.70. The van der Waals surface area contributed by atoms with E-state index in [4.69, 9.17) is 0 Å². The van der Waals surface area contributed by atoms with Crippen molar-refractivity contribution in [1.82, 2.24) is 10.3 Å². The maximum Gasteiger partial charge on any atom is 0.257 e. The number of nitrogens with one attached hydrogen (secondary N) is 3. The van der Waals surface area contributed by atoms with Crippen molar-refractivity contribution in [3.63, 3.8) is 0 Å². The predicted molar refractivity (Wildman–Crippen MR) is 110 cm³/mol. The second kappa shape index (κ2) is 9.82. The van der Waals surface area contributed by atoms with Crippen molar-refractivity contribution >= 4 is 23.3 Å². The Bertz CT molecular complexity index is 835. The average Bonchev–Trinajstić information content (AvgIpc) is 2.64. The lowest BCUT2D eigenvalue weighted by atomic mass is 10.0. The van der Waals surface area contributed by atoms with Gasteiger partial charge in [0, 0.05) is 30.0 Å². The number of halogens is 1. The fraction of sp³-hybridized carbons (Fsp3) is 0.381. The molecule has 0 aliphatic carbocycles. The molecule has 0 aliphatic heterocycles. The van der Waals surface area contributed by atoms with Gasteiger partial charge in [0.1, 0.15) is 5.82 Å². The zero-order valence-corrected chi connectivity index (χ0v) is 16.7. The maximum absolute atomic E-state index is 12.6. The molecule has 0 aliphatic rings. The molecule has 0 unspecified atom stereocenters. The van der Waals surface area contributed by atoms with Crippen molar-refractivity contribution in [2.75, 3.05) is 23.9 Å². The third-order valence-electron chi connectivity index (χ3n) is 4.12. The molecular formula is C21H27FN4O2. The summed E-state index contributed by atoms with van der Waals surface area (Å²) in [6.07, 6.45) is 1.78. The van der Waals surface area contributed by atoms with E-state index in [-0.39, 0.29) is 30.8 Å². The summed E-state index contributed by atoms with van der Waals surface area (Å²) in [5.74, 6) is 0.108. The first-order valence-corrected chi connectivity index (χ1v) is 9.31. The molecule has 0 saturated heterocycles. The summed E-state index contributed by atoms with van der Waals surface area (Å²) in [5, 5.41) is 8.69. The van der Waals surface area contributed by atoms with E-state index < -0.39 is 6.67 Å². The quantitative estimate of drug-likeness (QED) is 0.602. The number of carbonyl (C=O) groups is 2. The number of pyridine rings is 1. The number of carbonyl (C=O) groups excluding carboxylic acids is 2. The summed E-state index contributed by atoms with van der Waals surface area (Å²) in [4.78, 5) is 29.1. The van der Waals surface area contributed by atoms with Crippen LogP contribution in [0.1, 0.15) is 52.1 Å². The third kappa shape index (κ3) is 5.77. The van der Waals surface area contributed by atoms with E-state index in [2.05, 4.69) is 20.9 Å². The second-order valence-electron chi connectivity index (χ2n) is 6.97. The summed E-state index contributed by atoms with van der Waals surface area (Å²) >= 11 is 0. The molecule has 1 aromatic carbocycles. The van der Waals surface area contributed by atoms with Crippen LogP contribution >= 0.6 is 0 Å². The highest BCUT2D eigenvalue weighted by molar-refractivity contribution is 6.05. The van der Waals surface area contributed by atoms with Gasteiger partial charge in [-0.05, 0) is 63.4 Å². The molecule has 28 heavy (non-hydrogen) atoms. The van der Waals surface area contributed by atoms with Crippen LogP contribution in [0.2, 0.25) is 0 Å². The minimum atomic E-state index is -0.478. The highest BCUT2D eigenvalue weighted by Gasteiger charge is 2.14. The zero-order chi connectivity index (χ0) is 20.7. The molecule has 2 rings (SSSR count). The molecular weight excluding hydrogens is 359 g/mol. The Morgan fingerprint density at radius 3 is 2.46 bits per heavy atom. The van der Waals surface area contributed by atoms with Gasteiger partial charge in [0.05, 0.1) is 12.2 Å². The number of rotatable bonds is 8. The van der Waals surface area contributed by atoms with Crippen molar-refractivity contribution in [2.45, 2.75) is 40.2 Å². The van der Waals surface area contributed by atoms with Gasteiger partial charge in [-0.3, -0.25) is 14.0 Å². The smallest absolute Gasteiger partial charge is 0.257 e. The van der Waals surface area contributed by atoms with Gasteiger partial charge in [0.25, 0.3) is 11.8 Å². The Kier molecular flexibility index (Phi) is 7.49. The SMILES string of the molecule is Cc1cc(C)c(C(=O)NCCCF)cc1NC(=O)c1ccc(NC(C)C)nc1. The van der Waals surface area contributed by atoms with E-state index in [0.29, 0.717) is 22.6 Å². The Morgan fingerprint density at radius 1 is 1.11 bits per heavy atom. The Labute approximate surface area is 164 Å². The molecule has 1 aromatic heterocycles. The number of hydrogen-bond donors (Lipinski definition) is 3. The predicted octanol–water partition coefficient (Wildman–Crippen LogP) is 3.86. The maximum atomic E-state index is 12.6. The van der Waals surface area contributed by atoms with Gasteiger partial charge in [0.15, 0.2) is 0 Å². The lowest BCUT2D eigenvalue weighted by molar-refractivity contribution is 0.0950. The highest BCUT2D eigenvalue weighted by atomic mass is 19.1. The molecule has 0 fully saturated rings. The number of alkyl halides is 1. The van der Waals surface area contributed by atoms with Crippen molar-refractivity contribution < 1.29 is 14.0 Å². The number of aromatic nitrogens is 1. The molecule has 0 atom stereocenters. The summed E-state index contributed by atoms with van der Waals surface area (Å²) in [6, 6.07) is 7.18. The summed E-state index contributed by atoms with van der Waals surface area (Å²) < 4.78 is 12.2. The first kappa shape index (κ1) is 21.3. The number of nitrogens with zero attached hydrogens (tertiary/aromatic N) is 1. The normalized spacial score (nSPS) is 10.6. The van der Waals surface area contributed by atoms with Crippen LogP contribution in [0, 0.1) is 13.8 Å². The van der Waals surface area contributed by atoms with Crippen molar-refractivity contribution in [1.29, 1.82) is 0 Å². The molecule has 2 amide bonds. The van der Waals surface area contributed by atoms with Crippen LogP contribution in [0.3, 0.4) is 0 Å². The number of anilines is 2. The zero-order valence-electron chi connectivity index (χ0n) is 16.7. The van der Waals surface area contributed by atoms with Gasteiger partial charge in [-0.1, -0.05) is 6.07 Å². The minimum absolute atomic E-state index is 0.247. The Balaban J connectivity index is 2.15. The van der Waals surface area contributed by atoms with Crippen molar-refractivity contribution in [3.05, 3.63) is 52.7 Å². The molecule has 7 heteroatoms. The van der Waals surface area contributed by atoms with Crippen LogP contribution in [0.15, 0.2) is 30.5 Å². The van der Waals surface area contributed by atoms with Gasteiger partial charge in [-0.25, -0.2) is 4.98 Å². The average molecular weight is 386 g/mol. The van der Waals surface area contributed by atoms with Crippen molar-refractivity contribution in [2.24, 2.45) is 0 Å². The van der Waals surface area contributed by atoms with Gasteiger partial charge in [-0.15, -0.1) is 0 Å². The van der Waals surface area contributed by atoms with Crippen LogP contribution in [0.25, 0.3) is 0 Å². The van der Waals surface area contributed by atoms with E-state index in [1.807, 2.05) is 33.8 Å². The lowest BCUT2D eigenvalue weighted by Gasteiger charge is -2.14. The van der Waals surface area contributed by atoms with Crippen LogP contribution in [-0.2, 0) is 0 Å². The summed E-state index contributed by atoms with van der Waals surface area (Å²) in [7, 11) is 0. The van der Waals surface area contributed by atoms with E-state index in [9.17, 15) is 14.0 Å². The van der Waals surface area contributed by atoms with Crippen molar-refractivity contribution in [3.8, 4) is 0 Å². The van der Waals surface area contributed by atoms with Crippen LogP contribution in [-0.4, -0.2) is 36.1 Å². The summed E-state index contributed by atoms with van der Waals surface area (Å²) in [6.45, 7) is 7.50. The van der Waals surface area contributed by atoms with Crippen LogP contribution in [0.4, 0.5) is 15.9 Å². The molecule has 6 nitrogen and oxygen atoms in total. The first-order chi connectivity index (χ1) is 13.3. The molecule has 2 aromatic rings. The number of amides is 2. The minimum Gasteiger partial charge on any atom is -0.368 e. The molecule has 3 N–H and O–H groups in total. The molecule has 0 radical (unpaired) electrons. The standard InChI is InChI=1S/C21H27FN4O2/c1-13(2)25-19-7-6-16(12-24-19)20(27)26-18-11-17(14(3)10-15(18)4)21(28)23-9-5-8-22/h6-7,10-13H,5,8-9H2,1-4H3,(H,23,28)(H,24,25)(H,26,27). The van der Waals surface area contributed by atoms with E-state index in [1.165, 1.54) is 6.20 Å². The van der Waals surface area contributed by atoms with Gasteiger partial charge < -0.3 is 16.0 Å². The van der Waals surface area contributed by atoms with Gasteiger partial charge >= 0.3 is 0 Å². The van der Waals surface area contributed by atoms with E-state index in [1.54, 1.807) is 18.2 Å². The van der Waals surface area contributed by atoms with Crippen LogP contribution < -0.4 is 16.0 Å². The topological polar surface area (TPSA) is 83.1 Å². The van der Waals surface area contributed by atoms with Crippen LogP contribution in [0.5, 0.6) is 0 Å². The Hall–Kier alpha value is -2.96. The Morgan fingerprint density at radius 2 is 1.86 bits per heavy atom.